The van der Waals surface area contributed by atoms with Crippen LogP contribution in [0.1, 0.15) is 77.6 Å². The zero-order valence-corrected chi connectivity index (χ0v) is 30.2. The Labute approximate surface area is 293 Å². The van der Waals surface area contributed by atoms with Crippen molar-refractivity contribution in [3.63, 3.8) is 0 Å². The van der Waals surface area contributed by atoms with Crippen molar-refractivity contribution in [1.29, 1.82) is 0 Å². The zero-order valence-electron chi connectivity index (χ0n) is 27.2. The molecule has 1 saturated heterocycles. The van der Waals surface area contributed by atoms with E-state index < -0.39 is 21.6 Å². The van der Waals surface area contributed by atoms with E-state index in [2.05, 4.69) is 66.4 Å². The Bertz CT molecular complexity index is 1800. The fourth-order valence-corrected chi connectivity index (χ4v) is 9.65. The van der Waals surface area contributed by atoms with Crippen LogP contribution >= 0.6 is 11.3 Å². The predicted molar refractivity (Wildman–Crippen MR) is 189 cm³/mol. The number of likely N-dealkylation sites (tertiary alicyclic amines) is 1. The maximum atomic E-state index is 12.7. The Morgan fingerprint density at radius 2 is 1.64 bits per heavy atom. The third-order valence-electron chi connectivity index (χ3n) is 9.73. The number of fused-ring (bicyclic) bond motifs is 1. The number of halogens is 1. The number of hydrogen-bond donors (Lipinski definition) is 0. The number of benzene rings is 4. The number of ether oxygens (including phenoxy) is 1. The average Bonchev–Trinajstić information content (AvgIpc) is 3.88. The van der Waals surface area contributed by atoms with Crippen molar-refractivity contribution in [2.45, 2.75) is 64.8 Å². The van der Waals surface area contributed by atoms with Crippen LogP contribution < -0.4 is 29.4 Å². The molecule has 4 aromatic carbocycles. The third kappa shape index (κ3) is 8.10. The molecule has 1 aliphatic heterocycles. The average molecular weight is 757 g/mol. The van der Waals surface area contributed by atoms with Gasteiger partial charge in [-0.05, 0) is 38.3 Å². The summed E-state index contributed by atoms with van der Waals surface area (Å²) in [5, 5.41) is 1.25. The number of aryl methyl sites for hydroxylation is 1. The molecule has 2 aliphatic rings. The molecule has 0 bridgehead atoms. The second kappa shape index (κ2) is 15.3. The Kier molecular flexibility index (Phi) is 10.6. The van der Waals surface area contributed by atoms with Gasteiger partial charge in [-0.2, -0.15) is 0 Å². The van der Waals surface area contributed by atoms with E-state index in [0.717, 1.165) is 49.0 Å². The van der Waals surface area contributed by atoms with E-state index in [1.165, 1.54) is 94.4 Å². The third-order valence-corrected chi connectivity index (χ3v) is 12.7. The maximum absolute atomic E-state index is 12.7. The van der Waals surface area contributed by atoms with Crippen molar-refractivity contribution in [3.05, 3.63) is 119 Å². The van der Waals surface area contributed by atoms with Gasteiger partial charge in [0, 0.05) is 0 Å². The van der Waals surface area contributed by atoms with Gasteiger partial charge in [-0.15, -0.1) is 0 Å². The van der Waals surface area contributed by atoms with Crippen LogP contribution in [0, 0.1) is 12.8 Å². The first kappa shape index (κ1) is 32.4. The summed E-state index contributed by atoms with van der Waals surface area (Å²) in [5.74, 6) is 2.55. The van der Waals surface area contributed by atoms with Crippen molar-refractivity contribution < 1.29 is 34.2 Å². The van der Waals surface area contributed by atoms with Gasteiger partial charge in [0.05, 0.1) is 0 Å². The number of carbonyl (C=O) groups excluding carboxylic acids is 1. The number of nitrogens with zero attached hydrogens (tertiary/aromatic N) is 1. The molecule has 1 saturated carbocycles. The van der Waals surface area contributed by atoms with Crippen LogP contribution in [0.2, 0.25) is 0 Å². The van der Waals surface area contributed by atoms with Gasteiger partial charge in [0.2, 0.25) is 0 Å². The Hall–Kier alpha value is -3.20. The van der Waals surface area contributed by atoms with E-state index >= 15 is 0 Å². The van der Waals surface area contributed by atoms with Crippen LogP contribution in [-0.4, -0.2) is 28.4 Å². The topological polar surface area (TPSA) is 38.8 Å². The van der Waals surface area contributed by atoms with Gasteiger partial charge in [-0.3, -0.25) is 4.90 Å². The molecule has 1 aliphatic carbocycles. The van der Waals surface area contributed by atoms with E-state index in [-0.39, 0.29) is 3.79 Å². The van der Waals surface area contributed by atoms with Crippen LogP contribution in [0.3, 0.4) is 0 Å². The molecule has 244 valence electrons. The summed E-state index contributed by atoms with van der Waals surface area (Å²) in [6.07, 6.45) is 10.1. The minimum Gasteiger partial charge on any atom is -0.299 e. The van der Waals surface area contributed by atoms with Crippen molar-refractivity contribution in [3.8, 4) is 21.9 Å². The second-order valence-electron chi connectivity index (χ2n) is 13.1. The Morgan fingerprint density at radius 3 is 2.40 bits per heavy atom. The SMILES string of the molecule is Cc1cc(Cc2c(-c3ccc(OCCC4CCCC4)cc3)sc3cc(O[I-]C(=O)c4ccccc4)ccc23)ccc1CN1CCCC1. The van der Waals surface area contributed by atoms with E-state index in [9.17, 15) is 4.79 Å². The number of hydrogen-bond acceptors (Lipinski definition) is 5. The van der Waals surface area contributed by atoms with Crippen LogP contribution in [0.5, 0.6) is 11.5 Å². The fourth-order valence-electron chi connectivity index (χ4n) is 7.06. The molecule has 0 radical (unpaired) electrons. The van der Waals surface area contributed by atoms with E-state index in [1.54, 1.807) is 0 Å². The number of rotatable bonds is 13. The first-order valence-corrected chi connectivity index (χ1v) is 19.9. The molecule has 7 rings (SSSR count). The van der Waals surface area contributed by atoms with Crippen LogP contribution in [0.4, 0.5) is 0 Å². The molecular weight excluding hydrogens is 713 g/mol. The molecule has 0 unspecified atom stereocenters. The van der Waals surface area contributed by atoms with E-state index in [0.29, 0.717) is 0 Å². The first-order valence-electron chi connectivity index (χ1n) is 17.1. The van der Waals surface area contributed by atoms with Crippen molar-refractivity contribution in [2.24, 2.45) is 5.92 Å². The summed E-state index contributed by atoms with van der Waals surface area (Å²) in [4.78, 5) is 16.6. The van der Waals surface area contributed by atoms with Gasteiger partial charge in [0.25, 0.3) is 0 Å². The Morgan fingerprint density at radius 1 is 0.872 bits per heavy atom. The molecule has 2 fully saturated rings. The van der Waals surface area contributed by atoms with Crippen molar-refractivity contribution in [2.75, 3.05) is 19.7 Å². The van der Waals surface area contributed by atoms with Crippen LogP contribution in [-0.2, 0) is 13.0 Å². The molecule has 5 aromatic rings. The molecule has 47 heavy (non-hydrogen) atoms. The number of carbonyl (C=O) groups is 1. The fraction of sp³-hybridized carbons (Fsp3) is 0.341. The van der Waals surface area contributed by atoms with Crippen LogP contribution in [0.25, 0.3) is 20.5 Å². The van der Waals surface area contributed by atoms with Gasteiger partial charge in [0.1, 0.15) is 0 Å². The molecule has 6 heteroatoms. The second-order valence-corrected chi connectivity index (χ2v) is 16.0. The quantitative estimate of drug-likeness (QED) is 0.0939. The molecule has 4 nitrogen and oxygen atoms in total. The van der Waals surface area contributed by atoms with E-state index in [4.69, 9.17) is 7.80 Å². The molecule has 1 aromatic heterocycles. The van der Waals surface area contributed by atoms with Crippen molar-refractivity contribution >= 4 is 25.2 Å². The molecular formula is C41H43INO3S-. The van der Waals surface area contributed by atoms with Crippen LogP contribution in [0.15, 0.2) is 91.0 Å². The smallest absolute Gasteiger partial charge is 0.299 e. The zero-order chi connectivity index (χ0) is 32.0. The minimum atomic E-state index is -1.12. The Balaban J connectivity index is 1.13. The summed E-state index contributed by atoms with van der Waals surface area (Å²) in [6.45, 7) is 6.53. The standard InChI is InChI=1S/C41H43INO3S/c1-29-25-31(13-14-34(29)28-43-22-7-8-23-43)26-38-37-20-19-36(46-42-41(44)33-11-3-2-4-12-33)27-39(37)47-40(38)32-15-17-35(18-16-32)45-24-21-30-9-5-6-10-30/h2-4,11-20,25,27,30H,5-10,21-24,26,28H2,1H3/q-1. The predicted octanol–water partition coefficient (Wildman–Crippen LogP) is 7.25. The summed E-state index contributed by atoms with van der Waals surface area (Å²) < 4.78 is 13.6. The molecule has 0 amide bonds. The first-order chi connectivity index (χ1) is 23.1. The monoisotopic (exact) mass is 756 g/mol. The van der Waals surface area contributed by atoms with Gasteiger partial charge in [-0.25, -0.2) is 0 Å². The molecule has 0 spiro atoms. The number of thiophene rings is 1. The molecule has 0 N–H and O–H groups in total. The van der Waals surface area contributed by atoms with Gasteiger partial charge in [-0.1, -0.05) is 25.7 Å². The summed E-state index contributed by atoms with van der Waals surface area (Å²) >= 11 is 0.695. The minimum absolute atomic E-state index is 0.0890. The van der Waals surface area contributed by atoms with Gasteiger partial charge >= 0.3 is 227 Å². The van der Waals surface area contributed by atoms with E-state index in [1.807, 2.05) is 47.7 Å². The molecule has 2 heterocycles. The summed E-state index contributed by atoms with van der Waals surface area (Å²) in [6, 6.07) is 31.5. The summed E-state index contributed by atoms with van der Waals surface area (Å²) in [7, 11) is 0. The van der Waals surface area contributed by atoms with Crippen molar-refractivity contribution in [1.82, 2.24) is 4.90 Å². The van der Waals surface area contributed by atoms with Gasteiger partial charge in [0.15, 0.2) is 0 Å². The molecule has 0 atom stereocenters. The summed E-state index contributed by atoms with van der Waals surface area (Å²) in [5.41, 5.74) is 7.41. The normalized spacial score (nSPS) is 15.5. The van der Waals surface area contributed by atoms with Gasteiger partial charge < -0.3 is 0 Å².